The molecular formula is C16H22O4S. The quantitative estimate of drug-likeness (QED) is 0.810. The molecule has 1 atom stereocenters. The summed E-state index contributed by atoms with van der Waals surface area (Å²) in [5, 5.41) is -0.160. The highest BCUT2D eigenvalue weighted by molar-refractivity contribution is 7.92. The van der Waals surface area contributed by atoms with Crippen LogP contribution in [0.1, 0.15) is 38.5 Å². The lowest BCUT2D eigenvalue weighted by atomic mass is 10.1. The standard InChI is InChI=1S/C16H22O4S/c17-21(18,16-8-9-16)15-6-4-14(5-7-15)20-12-10-13-3-1-2-11-19-13/h4-7,13,16H,1-3,8-12H2. The molecule has 0 radical (unpaired) electrons. The summed E-state index contributed by atoms with van der Waals surface area (Å²) < 4.78 is 35.5. The van der Waals surface area contributed by atoms with E-state index in [1.165, 1.54) is 6.42 Å². The SMILES string of the molecule is O=S(=O)(c1ccc(OCCC2CCCCO2)cc1)C1CC1. The van der Waals surface area contributed by atoms with Crippen LogP contribution in [0.5, 0.6) is 5.75 Å². The van der Waals surface area contributed by atoms with Gasteiger partial charge in [-0.25, -0.2) is 8.42 Å². The molecule has 2 fully saturated rings. The van der Waals surface area contributed by atoms with Gasteiger partial charge in [-0.15, -0.1) is 0 Å². The molecule has 5 heteroatoms. The molecule has 1 heterocycles. The molecule has 0 amide bonds. The van der Waals surface area contributed by atoms with Crippen molar-refractivity contribution in [2.75, 3.05) is 13.2 Å². The van der Waals surface area contributed by atoms with E-state index in [4.69, 9.17) is 9.47 Å². The van der Waals surface area contributed by atoms with Gasteiger partial charge in [0.1, 0.15) is 5.75 Å². The van der Waals surface area contributed by atoms with Crippen molar-refractivity contribution in [1.82, 2.24) is 0 Å². The van der Waals surface area contributed by atoms with E-state index in [9.17, 15) is 8.42 Å². The van der Waals surface area contributed by atoms with Gasteiger partial charge in [0.15, 0.2) is 9.84 Å². The van der Waals surface area contributed by atoms with Crippen molar-refractivity contribution in [3.8, 4) is 5.75 Å². The van der Waals surface area contributed by atoms with Gasteiger partial charge < -0.3 is 9.47 Å². The highest BCUT2D eigenvalue weighted by atomic mass is 32.2. The predicted octanol–water partition coefficient (Wildman–Crippen LogP) is 2.96. The molecule has 1 aromatic rings. The van der Waals surface area contributed by atoms with Crippen molar-refractivity contribution < 1.29 is 17.9 Å². The molecule has 1 saturated heterocycles. The maximum Gasteiger partial charge on any atom is 0.181 e. The summed E-state index contributed by atoms with van der Waals surface area (Å²) >= 11 is 0. The highest BCUT2D eigenvalue weighted by Gasteiger charge is 2.36. The Morgan fingerprint density at radius 1 is 1.10 bits per heavy atom. The van der Waals surface area contributed by atoms with Crippen LogP contribution in [-0.2, 0) is 14.6 Å². The number of benzene rings is 1. The first-order valence-electron chi connectivity index (χ1n) is 7.74. The van der Waals surface area contributed by atoms with E-state index in [2.05, 4.69) is 0 Å². The van der Waals surface area contributed by atoms with E-state index in [-0.39, 0.29) is 5.25 Å². The van der Waals surface area contributed by atoms with E-state index >= 15 is 0 Å². The van der Waals surface area contributed by atoms with Crippen molar-refractivity contribution >= 4 is 9.84 Å². The molecule has 2 aliphatic rings. The Balaban J connectivity index is 1.50. The third kappa shape index (κ3) is 3.77. The maximum absolute atomic E-state index is 12.1. The first kappa shape index (κ1) is 14.9. The predicted molar refractivity (Wildman–Crippen MR) is 80.4 cm³/mol. The molecule has 3 rings (SSSR count). The van der Waals surface area contributed by atoms with Gasteiger partial charge in [-0.05, 0) is 56.4 Å². The molecule has 1 unspecified atom stereocenters. The lowest BCUT2D eigenvalue weighted by Crippen LogP contribution is -2.21. The fourth-order valence-electron chi connectivity index (χ4n) is 2.64. The van der Waals surface area contributed by atoms with Crippen molar-refractivity contribution in [2.45, 2.75) is 54.8 Å². The first-order chi connectivity index (χ1) is 10.2. The van der Waals surface area contributed by atoms with E-state index in [1.807, 2.05) is 0 Å². The normalized spacial score (nSPS) is 23.0. The molecule has 1 aromatic carbocycles. The van der Waals surface area contributed by atoms with Crippen LogP contribution in [0.3, 0.4) is 0 Å². The molecule has 1 saturated carbocycles. The van der Waals surface area contributed by atoms with Gasteiger partial charge in [-0.1, -0.05) is 0 Å². The number of ether oxygens (including phenoxy) is 2. The van der Waals surface area contributed by atoms with Crippen molar-refractivity contribution in [3.05, 3.63) is 24.3 Å². The van der Waals surface area contributed by atoms with E-state index in [0.29, 0.717) is 17.6 Å². The highest BCUT2D eigenvalue weighted by Crippen LogP contribution is 2.33. The summed E-state index contributed by atoms with van der Waals surface area (Å²) in [6.07, 6.45) is 6.30. The average Bonchev–Trinajstić information content (AvgIpc) is 3.34. The fourth-order valence-corrected chi connectivity index (χ4v) is 4.30. The zero-order valence-electron chi connectivity index (χ0n) is 12.2. The molecule has 1 aliphatic heterocycles. The lowest BCUT2D eigenvalue weighted by molar-refractivity contribution is 0.00405. The molecule has 0 bridgehead atoms. The van der Waals surface area contributed by atoms with Crippen molar-refractivity contribution in [1.29, 1.82) is 0 Å². The topological polar surface area (TPSA) is 52.6 Å². The summed E-state index contributed by atoms with van der Waals surface area (Å²) in [5.74, 6) is 0.723. The molecule has 21 heavy (non-hydrogen) atoms. The Labute approximate surface area is 126 Å². The summed E-state index contributed by atoms with van der Waals surface area (Å²) in [7, 11) is -3.10. The second-order valence-electron chi connectivity index (χ2n) is 5.84. The molecule has 4 nitrogen and oxygen atoms in total. The van der Waals surface area contributed by atoms with Crippen LogP contribution in [-0.4, -0.2) is 33.0 Å². The Kier molecular flexibility index (Phi) is 4.50. The first-order valence-corrected chi connectivity index (χ1v) is 9.29. The fraction of sp³-hybridized carbons (Fsp3) is 0.625. The minimum absolute atomic E-state index is 0.160. The van der Waals surface area contributed by atoms with Crippen LogP contribution in [0.2, 0.25) is 0 Å². The summed E-state index contributed by atoms with van der Waals surface area (Å²) in [5.41, 5.74) is 0. The third-order valence-electron chi connectivity index (χ3n) is 4.10. The molecule has 0 N–H and O–H groups in total. The van der Waals surface area contributed by atoms with Crippen LogP contribution in [0, 0.1) is 0 Å². The van der Waals surface area contributed by atoms with E-state index < -0.39 is 9.84 Å². The second-order valence-corrected chi connectivity index (χ2v) is 8.07. The van der Waals surface area contributed by atoms with Gasteiger partial charge in [-0.3, -0.25) is 0 Å². The van der Waals surface area contributed by atoms with Crippen LogP contribution >= 0.6 is 0 Å². The van der Waals surface area contributed by atoms with E-state index in [0.717, 1.165) is 44.5 Å². The Hall–Kier alpha value is -1.07. The Morgan fingerprint density at radius 2 is 1.86 bits per heavy atom. The van der Waals surface area contributed by atoms with Gasteiger partial charge in [0.2, 0.25) is 0 Å². The van der Waals surface area contributed by atoms with Crippen molar-refractivity contribution in [2.24, 2.45) is 0 Å². The van der Waals surface area contributed by atoms with Crippen molar-refractivity contribution in [3.63, 3.8) is 0 Å². The second kappa shape index (κ2) is 6.36. The summed E-state index contributed by atoms with van der Waals surface area (Å²) in [4.78, 5) is 0.410. The van der Waals surface area contributed by atoms with Crippen LogP contribution in [0.4, 0.5) is 0 Å². The molecule has 0 aromatic heterocycles. The molecule has 1 aliphatic carbocycles. The van der Waals surface area contributed by atoms with Gasteiger partial charge in [0.05, 0.1) is 22.9 Å². The monoisotopic (exact) mass is 310 g/mol. The zero-order chi connectivity index (χ0) is 14.7. The van der Waals surface area contributed by atoms with Gasteiger partial charge in [0, 0.05) is 13.0 Å². The van der Waals surface area contributed by atoms with E-state index in [1.54, 1.807) is 24.3 Å². The summed E-state index contributed by atoms with van der Waals surface area (Å²) in [6, 6.07) is 6.80. The van der Waals surface area contributed by atoms with Gasteiger partial charge >= 0.3 is 0 Å². The minimum Gasteiger partial charge on any atom is -0.493 e. The Bertz CT molecular complexity index is 554. The maximum atomic E-state index is 12.1. The number of hydrogen-bond acceptors (Lipinski definition) is 4. The molecule has 116 valence electrons. The van der Waals surface area contributed by atoms with Crippen LogP contribution < -0.4 is 4.74 Å². The smallest absolute Gasteiger partial charge is 0.181 e. The van der Waals surface area contributed by atoms with Gasteiger partial charge in [-0.2, -0.15) is 0 Å². The Morgan fingerprint density at radius 3 is 2.48 bits per heavy atom. The lowest BCUT2D eigenvalue weighted by Gasteiger charge is -2.22. The zero-order valence-corrected chi connectivity index (χ0v) is 13.0. The summed E-state index contributed by atoms with van der Waals surface area (Å²) in [6.45, 7) is 1.47. The number of sulfone groups is 1. The third-order valence-corrected chi connectivity index (χ3v) is 6.38. The minimum atomic E-state index is -3.10. The molecule has 0 spiro atoms. The number of rotatable bonds is 6. The average molecular weight is 310 g/mol. The van der Waals surface area contributed by atoms with Gasteiger partial charge in [0.25, 0.3) is 0 Å². The van der Waals surface area contributed by atoms with Crippen LogP contribution in [0.25, 0.3) is 0 Å². The number of hydrogen-bond donors (Lipinski definition) is 0. The molecular weight excluding hydrogens is 288 g/mol. The largest absolute Gasteiger partial charge is 0.493 e. The van der Waals surface area contributed by atoms with Crippen LogP contribution in [0.15, 0.2) is 29.2 Å².